The van der Waals surface area contributed by atoms with E-state index < -0.39 is 12.3 Å². The third-order valence-corrected chi connectivity index (χ3v) is 6.77. The van der Waals surface area contributed by atoms with E-state index in [0.717, 1.165) is 16.0 Å². The molecule has 4 heterocycles. The van der Waals surface area contributed by atoms with Gasteiger partial charge in [-0.3, -0.25) is 14.5 Å². The Labute approximate surface area is 166 Å². The molecule has 7 atom stereocenters. The Morgan fingerprint density at radius 1 is 1.10 bits per heavy atom. The number of benzene rings is 2. The summed E-state index contributed by atoms with van der Waals surface area (Å²) >= 11 is 0. The number of hydrogen-bond donors (Lipinski definition) is 1. The van der Waals surface area contributed by atoms with Gasteiger partial charge in [0.2, 0.25) is 12.1 Å². The predicted molar refractivity (Wildman–Crippen MR) is 100 cm³/mol. The van der Waals surface area contributed by atoms with Crippen LogP contribution in [0.5, 0.6) is 0 Å². The minimum absolute atomic E-state index is 0.0780. The molecule has 0 spiro atoms. The van der Waals surface area contributed by atoms with Crippen molar-refractivity contribution >= 4 is 17.6 Å². The summed E-state index contributed by atoms with van der Waals surface area (Å²) in [6, 6.07) is 13.0. The maximum absolute atomic E-state index is 13.6. The fourth-order valence-corrected chi connectivity index (χ4v) is 5.61. The third-order valence-electron chi connectivity index (χ3n) is 6.77. The average Bonchev–Trinajstić information content (AvgIpc) is 3.33. The molecule has 146 valence electrons. The topological polar surface area (TPSA) is 57.0 Å². The van der Waals surface area contributed by atoms with Crippen molar-refractivity contribution in [2.45, 2.75) is 24.5 Å². The molecule has 6 heteroatoms. The SMILES string of the molecule is O=C1[C@@H]2OC[C@H](O2)[C@@H]2[C@H]1[C@H]1c3ccccc3C=C[NH+]1[C@H]2C(=O)c1ccc(F)cc1. The standard InChI is InChI=1S/C23H18FNO4/c24-14-7-5-13(6-8-14)21(26)20-17-16-11-28-23(29-16)22(27)18(17)19-15-4-2-1-3-12(15)9-10-25(19)20/h1-10,16-20,23H,11H2/p+1/t16-,17+,18-,19+,20+,23+/m0/s1. The van der Waals surface area contributed by atoms with Crippen molar-refractivity contribution in [2.24, 2.45) is 11.8 Å². The lowest BCUT2D eigenvalue weighted by Gasteiger charge is -2.30. The van der Waals surface area contributed by atoms with Gasteiger partial charge in [-0.25, -0.2) is 4.39 Å². The summed E-state index contributed by atoms with van der Waals surface area (Å²) in [5, 5.41) is 0. The molecule has 6 rings (SSSR count). The highest BCUT2D eigenvalue weighted by molar-refractivity contribution is 6.01. The van der Waals surface area contributed by atoms with Crippen molar-refractivity contribution in [3.05, 3.63) is 77.2 Å². The van der Waals surface area contributed by atoms with Crippen LogP contribution in [0.25, 0.3) is 6.08 Å². The third kappa shape index (κ3) is 2.37. The maximum Gasteiger partial charge on any atom is 0.220 e. The number of hydrogen-bond acceptors (Lipinski definition) is 4. The van der Waals surface area contributed by atoms with Crippen molar-refractivity contribution in [2.75, 3.05) is 6.61 Å². The average molecular weight is 392 g/mol. The first-order valence-electron chi connectivity index (χ1n) is 9.88. The lowest BCUT2D eigenvalue weighted by molar-refractivity contribution is -0.884. The summed E-state index contributed by atoms with van der Waals surface area (Å²) in [7, 11) is 0. The molecule has 0 aliphatic carbocycles. The van der Waals surface area contributed by atoms with Gasteiger partial charge < -0.3 is 9.47 Å². The summed E-state index contributed by atoms with van der Waals surface area (Å²) in [4.78, 5) is 27.8. The maximum atomic E-state index is 13.6. The zero-order valence-electron chi connectivity index (χ0n) is 15.5. The Hall–Kier alpha value is -2.67. The van der Waals surface area contributed by atoms with Crippen LogP contribution < -0.4 is 4.90 Å². The van der Waals surface area contributed by atoms with E-state index in [2.05, 4.69) is 0 Å². The number of ether oxygens (including phenoxy) is 2. The first kappa shape index (κ1) is 17.2. The van der Waals surface area contributed by atoms with E-state index in [1.54, 1.807) is 0 Å². The highest BCUT2D eigenvalue weighted by atomic mass is 19.1. The van der Waals surface area contributed by atoms with Gasteiger partial charge in [0, 0.05) is 11.1 Å². The minimum Gasteiger partial charge on any atom is -0.343 e. The Bertz CT molecular complexity index is 1050. The van der Waals surface area contributed by atoms with Crippen molar-refractivity contribution < 1.29 is 28.4 Å². The fraction of sp³-hybridized carbons (Fsp3) is 0.304. The van der Waals surface area contributed by atoms with Crippen LogP contribution in [0.2, 0.25) is 0 Å². The highest BCUT2D eigenvalue weighted by Gasteiger charge is 2.67. The lowest BCUT2D eigenvalue weighted by atomic mass is 9.75. The normalized spacial score (nSPS) is 36.4. The van der Waals surface area contributed by atoms with Crippen molar-refractivity contribution in [3.8, 4) is 0 Å². The molecule has 1 N–H and O–H groups in total. The largest absolute Gasteiger partial charge is 0.343 e. The van der Waals surface area contributed by atoms with Crippen LogP contribution in [0.3, 0.4) is 0 Å². The number of carbonyl (C=O) groups is 2. The van der Waals surface area contributed by atoms with Gasteiger partial charge in [-0.05, 0) is 35.9 Å². The van der Waals surface area contributed by atoms with Crippen LogP contribution >= 0.6 is 0 Å². The molecule has 2 bridgehead atoms. The van der Waals surface area contributed by atoms with Crippen LogP contribution in [0.4, 0.5) is 4.39 Å². The van der Waals surface area contributed by atoms with E-state index in [-0.39, 0.29) is 41.4 Å². The molecule has 0 radical (unpaired) electrons. The Balaban J connectivity index is 1.50. The van der Waals surface area contributed by atoms with E-state index in [0.29, 0.717) is 12.2 Å². The first-order chi connectivity index (χ1) is 14.1. The Kier molecular flexibility index (Phi) is 3.66. The molecule has 3 saturated heterocycles. The van der Waals surface area contributed by atoms with Gasteiger partial charge in [0.05, 0.1) is 30.7 Å². The van der Waals surface area contributed by atoms with Crippen LogP contribution in [0.15, 0.2) is 54.7 Å². The Morgan fingerprint density at radius 3 is 2.72 bits per heavy atom. The molecule has 0 saturated carbocycles. The Morgan fingerprint density at radius 2 is 1.90 bits per heavy atom. The number of halogens is 1. The van der Waals surface area contributed by atoms with Crippen LogP contribution in [0, 0.1) is 17.7 Å². The summed E-state index contributed by atoms with van der Waals surface area (Å²) in [6.07, 6.45) is 2.89. The van der Waals surface area contributed by atoms with Gasteiger partial charge in [0.1, 0.15) is 11.9 Å². The van der Waals surface area contributed by atoms with Gasteiger partial charge in [-0.1, -0.05) is 24.3 Å². The van der Waals surface area contributed by atoms with Gasteiger partial charge in [0.25, 0.3) is 0 Å². The zero-order valence-corrected chi connectivity index (χ0v) is 15.5. The zero-order chi connectivity index (χ0) is 19.7. The van der Waals surface area contributed by atoms with Gasteiger partial charge in [-0.15, -0.1) is 0 Å². The molecule has 29 heavy (non-hydrogen) atoms. The molecule has 3 fully saturated rings. The summed E-state index contributed by atoms with van der Waals surface area (Å²) < 4.78 is 24.8. The molecule has 5 nitrogen and oxygen atoms in total. The highest BCUT2D eigenvalue weighted by Crippen LogP contribution is 2.46. The second kappa shape index (κ2) is 6.16. The number of fused-ring (bicyclic) bond motifs is 8. The molecule has 4 aliphatic rings. The lowest BCUT2D eigenvalue weighted by Crippen LogP contribution is -3.11. The molecule has 0 amide bonds. The number of Topliss-reactive ketones (excluding diaryl/α,β-unsaturated/α-hetero) is 2. The first-order valence-corrected chi connectivity index (χ1v) is 9.88. The van der Waals surface area contributed by atoms with Crippen molar-refractivity contribution in [1.82, 2.24) is 0 Å². The van der Waals surface area contributed by atoms with Crippen molar-refractivity contribution in [3.63, 3.8) is 0 Å². The number of carbonyl (C=O) groups excluding carboxylic acids is 2. The predicted octanol–water partition coefficient (Wildman–Crippen LogP) is 1.56. The number of rotatable bonds is 2. The number of quaternary nitrogens is 1. The van der Waals surface area contributed by atoms with E-state index in [1.165, 1.54) is 24.3 Å². The summed E-state index contributed by atoms with van der Waals surface area (Å²) in [5.41, 5.74) is 2.59. The van der Waals surface area contributed by atoms with Gasteiger partial charge in [0.15, 0.2) is 11.8 Å². The minimum atomic E-state index is -0.833. The molecular formula is C23H19FNO4+. The number of nitrogens with one attached hydrogen (secondary N) is 1. The van der Waals surface area contributed by atoms with Gasteiger partial charge >= 0.3 is 0 Å². The monoisotopic (exact) mass is 392 g/mol. The number of ketones is 2. The smallest absolute Gasteiger partial charge is 0.220 e. The molecule has 2 aromatic carbocycles. The van der Waals surface area contributed by atoms with Crippen LogP contribution in [-0.4, -0.2) is 36.6 Å². The quantitative estimate of drug-likeness (QED) is 0.789. The molecule has 2 aromatic rings. The molecular weight excluding hydrogens is 373 g/mol. The second-order valence-corrected chi connectivity index (χ2v) is 8.13. The molecule has 0 aromatic heterocycles. The van der Waals surface area contributed by atoms with Crippen molar-refractivity contribution in [1.29, 1.82) is 0 Å². The fourth-order valence-electron chi connectivity index (χ4n) is 5.61. The van der Waals surface area contributed by atoms with E-state index >= 15 is 0 Å². The summed E-state index contributed by atoms with van der Waals surface area (Å²) in [5.74, 6) is -1.19. The van der Waals surface area contributed by atoms with E-state index in [4.69, 9.17) is 9.47 Å². The molecule has 4 aliphatic heterocycles. The molecule has 1 unspecified atom stereocenters. The second-order valence-electron chi connectivity index (χ2n) is 8.13. The van der Waals surface area contributed by atoms with Gasteiger partial charge in [-0.2, -0.15) is 0 Å². The van der Waals surface area contributed by atoms with E-state index in [9.17, 15) is 14.0 Å². The van der Waals surface area contributed by atoms with E-state index in [1.807, 2.05) is 36.5 Å². The summed E-state index contributed by atoms with van der Waals surface area (Å²) in [6.45, 7) is 0.316. The van der Waals surface area contributed by atoms with Crippen LogP contribution in [-0.2, 0) is 14.3 Å². The van der Waals surface area contributed by atoms with Crippen LogP contribution in [0.1, 0.15) is 27.5 Å².